The first-order valence-electron chi connectivity index (χ1n) is 8.54. The van der Waals surface area contributed by atoms with Crippen LogP contribution in [0.2, 0.25) is 0 Å². The van der Waals surface area contributed by atoms with Gasteiger partial charge in [-0.3, -0.25) is 9.78 Å². The third-order valence-electron chi connectivity index (χ3n) is 4.11. The van der Waals surface area contributed by atoms with Crippen molar-refractivity contribution in [2.45, 2.75) is 58.9 Å². The van der Waals surface area contributed by atoms with Crippen LogP contribution in [-0.4, -0.2) is 29.9 Å². The van der Waals surface area contributed by atoms with Gasteiger partial charge in [0.15, 0.2) is 5.65 Å². The fourth-order valence-corrected chi connectivity index (χ4v) is 2.51. The van der Waals surface area contributed by atoms with Crippen LogP contribution >= 0.6 is 0 Å². The van der Waals surface area contributed by atoms with Gasteiger partial charge in [0.1, 0.15) is 11.6 Å². The van der Waals surface area contributed by atoms with Gasteiger partial charge in [-0.2, -0.15) is 10.2 Å². The molecule has 0 aliphatic rings. The van der Waals surface area contributed by atoms with E-state index in [4.69, 9.17) is 4.98 Å². The fourth-order valence-electron chi connectivity index (χ4n) is 2.51. The van der Waals surface area contributed by atoms with E-state index in [0.29, 0.717) is 6.54 Å². The zero-order valence-electron chi connectivity index (χ0n) is 16.1. The second-order valence-corrected chi connectivity index (χ2v) is 8.53. The van der Waals surface area contributed by atoms with E-state index in [0.717, 1.165) is 34.1 Å². The lowest BCUT2D eigenvalue weighted by molar-refractivity contribution is 0.547. The van der Waals surface area contributed by atoms with Crippen molar-refractivity contribution in [3.63, 3.8) is 0 Å². The molecule has 0 amide bonds. The van der Waals surface area contributed by atoms with Crippen LogP contribution in [0.15, 0.2) is 12.3 Å². The second kappa shape index (κ2) is 5.82. The number of hydrogen-bond acceptors (Lipinski definition) is 5. The van der Waals surface area contributed by atoms with E-state index in [9.17, 15) is 0 Å². The van der Waals surface area contributed by atoms with Gasteiger partial charge in [0.2, 0.25) is 0 Å². The summed E-state index contributed by atoms with van der Waals surface area (Å²) in [5, 5.41) is 16.2. The number of aromatic amines is 1. The molecule has 7 heteroatoms. The number of rotatable bonds is 3. The van der Waals surface area contributed by atoms with Crippen molar-refractivity contribution in [3.05, 3.63) is 29.5 Å². The highest BCUT2D eigenvalue weighted by Crippen LogP contribution is 2.26. The van der Waals surface area contributed by atoms with Crippen LogP contribution in [0, 0.1) is 0 Å². The summed E-state index contributed by atoms with van der Waals surface area (Å²) in [6.07, 6.45) is 1.80. The average Bonchev–Trinajstić information content (AvgIpc) is 3.11. The maximum atomic E-state index is 4.75. The summed E-state index contributed by atoms with van der Waals surface area (Å²) in [6, 6.07) is 2.10. The molecule has 0 fully saturated rings. The molecular formula is C18H27N7. The van der Waals surface area contributed by atoms with Crippen LogP contribution < -0.4 is 5.32 Å². The number of H-pyrrole nitrogens is 1. The predicted octanol–water partition coefficient (Wildman–Crippen LogP) is 3.29. The molecule has 0 spiro atoms. The van der Waals surface area contributed by atoms with Crippen molar-refractivity contribution in [1.82, 2.24) is 29.9 Å². The van der Waals surface area contributed by atoms with E-state index < -0.39 is 0 Å². The van der Waals surface area contributed by atoms with Crippen molar-refractivity contribution in [2.75, 3.05) is 5.32 Å². The Morgan fingerprint density at radius 1 is 1.08 bits per heavy atom. The second-order valence-electron chi connectivity index (χ2n) is 8.53. The van der Waals surface area contributed by atoms with E-state index in [1.807, 2.05) is 7.05 Å². The van der Waals surface area contributed by atoms with Gasteiger partial charge in [-0.25, -0.2) is 9.97 Å². The quantitative estimate of drug-likeness (QED) is 0.763. The van der Waals surface area contributed by atoms with Crippen LogP contribution in [0.1, 0.15) is 58.8 Å². The van der Waals surface area contributed by atoms with Crippen molar-refractivity contribution >= 4 is 16.9 Å². The molecule has 134 valence electrons. The van der Waals surface area contributed by atoms with E-state index in [1.54, 1.807) is 10.9 Å². The minimum atomic E-state index is -0.137. The maximum absolute atomic E-state index is 4.75. The summed E-state index contributed by atoms with van der Waals surface area (Å²) >= 11 is 0. The van der Waals surface area contributed by atoms with Gasteiger partial charge < -0.3 is 5.32 Å². The van der Waals surface area contributed by atoms with Crippen molar-refractivity contribution < 1.29 is 0 Å². The highest BCUT2D eigenvalue weighted by Gasteiger charge is 2.22. The van der Waals surface area contributed by atoms with Crippen molar-refractivity contribution in [1.29, 1.82) is 0 Å². The summed E-state index contributed by atoms with van der Waals surface area (Å²) in [7, 11) is 1.90. The fraction of sp³-hybridized carbons (Fsp3) is 0.556. The molecule has 0 unspecified atom stereocenters. The van der Waals surface area contributed by atoms with Gasteiger partial charge in [-0.05, 0) is 6.07 Å². The van der Waals surface area contributed by atoms with Crippen molar-refractivity contribution in [3.8, 4) is 0 Å². The van der Waals surface area contributed by atoms with Crippen LogP contribution in [0.3, 0.4) is 0 Å². The minimum Gasteiger partial charge on any atom is -0.364 e. The van der Waals surface area contributed by atoms with Gasteiger partial charge in [-0.1, -0.05) is 41.5 Å². The predicted molar refractivity (Wildman–Crippen MR) is 99.6 cm³/mol. The zero-order valence-corrected chi connectivity index (χ0v) is 16.1. The van der Waals surface area contributed by atoms with Crippen LogP contribution in [-0.2, 0) is 24.4 Å². The largest absolute Gasteiger partial charge is 0.364 e. The Kier molecular flexibility index (Phi) is 4.05. The number of nitrogens with zero attached hydrogens (tertiary/aromatic N) is 5. The molecule has 0 saturated heterocycles. The number of fused-ring (bicyclic) bond motifs is 1. The van der Waals surface area contributed by atoms with Gasteiger partial charge in [0.05, 0.1) is 29.5 Å². The van der Waals surface area contributed by atoms with E-state index >= 15 is 0 Å². The summed E-state index contributed by atoms with van der Waals surface area (Å²) < 4.78 is 1.78. The molecule has 7 nitrogen and oxygen atoms in total. The molecule has 2 N–H and O–H groups in total. The normalized spacial score (nSPS) is 12.8. The summed E-state index contributed by atoms with van der Waals surface area (Å²) in [6.45, 7) is 13.4. The van der Waals surface area contributed by atoms with Gasteiger partial charge in [0.25, 0.3) is 0 Å². The average molecular weight is 341 g/mol. The number of aromatic nitrogens is 6. The molecule has 0 aliphatic carbocycles. The summed E-state index contributed by atoms with van der Waals surface area (Å²) in [5.74, 6) is 1.60. The molecule has 0 aromatic carbocycles. The topological polar surface area (TPSA) is 84.3 Å². The van der Waals surface area contributed by atoms with Crippen molar-refractivity contribution in [2.24, 2.45) is 7.05 Å². The monoisotopic (exact) mass is 341 g/mol. The first kappa shape index (κ1) is 17.4. The van der Waals surface area contributed by atoms with Gasteiger partial charge in [0, 0.05) is 17.9 Å². The SMILES string of the molecule is Cn1ncc2c(NCc3cc(C(C)(C)C)n[nH]3)nc(C(C)(C)C)nc21. The molecule has 0 aliphatic heterocycles. The standard InChI is InChI=1S/C18H27N7/c1-17(2,3)13-8-11(23-24-13)9-19-14-12-10-20-25(7)15(12)22-16(21-14)18(4,5)6/h8,10H,9H2,1-7H3,(H,23,24)(H,19,21,22). The number of anilines is 1. The molecule has 3 heterocycles. The van der Waals surface area contributed by atoms with E-state index in [-0.39, 0.29) is 10.8 Å². The molecule has 3 aromatic heterocycles. The third kappa shape index (κ3) is 3.50. The maximum Gasteiger partial charge on any atom is 0.163 e. The van der Waals surface area contributed by atoms with Crippen LogP contribution in [0.5, 0.6) is 0 Å². The molecule has 25 heavy (non-hydrogen) atoms. The summed E-state index contributed by atoms with van der Waals surface area (Å²) in [5.41, 5.74) is 2.80. The van der Waals surface area contributed by atoms with Crippen LogP contribution in [0.25, 0.3) is 11.0 Å². The lowest BCUT2D eigenvalue weighted by atomic mass is 9.92. The Labute approximate surface area is 148 Å². The Morgan fingerprint density at radius 3 is 2.40 bits per heavy atom. The molecule has 0 saturated carbocycles. The molecule has 3 aromatic rings. The first-order valence-corrected chi connectivity index (χ1v) is 8.54. The highest BCUT2D eigenvalue weighted by molar-refractivity contribution is 5.86. The Balaban J connectivity index is 1.91. The summed E-state index contributed by atoms with van der Waals surface area (Å²) in [4.78, 5) is 9.43. The Bertz CT molecular complexity index is 890. The molecule has 0 radical (unpaired) electrons. The third-order valence-corrected chi connectivity index (χ3v) is 4.11. The number of nitrogens with one attached hydrogen (secondary N) is 2. The molecule has 3 rings (SSSR count). The Hall–Kier alpha value is -2.44. The minimum absolute atomic E-state index is 0.0275. The Morgan fingerprint density at radius 2 is 1.80 bits per heavy atom. The lowest BCUT2D eigenvalue weighted by Gasteiger charge is -2.18. The molecular weight excluding hydrogens is 314 g/mol. The number of aryl methyl sites for hydroxylation is 1. The lowest BCUT2D eigenvalue weighted by Crippen LogP contribution is -2.18. The van der Waals surface area contributed by atoms with E-state index in [1.165, 1.54) is 0 Å². The zero-order chi connectivity index (χ0) is 18.4. The molecule has 0 atom stereocenters. The highest BCUT2D eigenvalue weighted by atomic mass is 15.3. The smallest absolute Gasteiger partial charge is 0.163 e. The van der Waals surface area contributed by atoms with Gasteiger partial charge >= 0.3 is 0 Å². The van der Waals surface area contributed by atoms with Gasteiger partial charge in [-0.15, -0.1) is 0 Å². The van der Waals surface area contributed by atoms with E-state index in [2.05, 4.69) is 73.2 Å². The molecule has 0 bridgehead atoms. The first-order chi connectivity index (χ1) is 11.6. The number of hydrogen-bond donors (Lipinski definition) is 2. The van der Waals surface area contributed by atoms with Crippen LogP contribution in [0.4, 0.5) is 5.82 Å².